The summed E-state index contributed by atoms with van der Waals surface area (Å²) in [6, 6.07) is 3.38. The van der Waals surface area contributed by atoms with E-state index in [1.54, 1.807) is 12.1 Å². The van der Waals surface area contributed by atoms with Gasteiger partial charge in [-0.2, -0.15) is 0 Å². The lowest BCUT2D eigenvalue weighted by molar-refractivity contribution is 1.09. The largest absolute Gasteiger partial charge is 0.304 e. The van der Waals surface area contributed by atoms with Crippen LogP contribution in [0.25, 0.3) is 11.5 Å². The smallest absolute Gasteiger partial charge is 0.265 e. The Morgan fingerprint density at radius 3 is 2.67 bits per heavy atom. The standard InChI is InChI=1S/C9H5BrClN3O/c10-6-4-13-8(14-9(6)15)7-2-1-5(11)3-12-7/h1-4H,(H,13,14,15). The zero-order valence-corrected chi connectivity index (χ0v) is 9.71. The molecule has 15 heavy (non-hydrogen) atoms. The molecular formula is C9H5BrClN3O. The lowest BCUT2D eigenvalue weighted by Gasteiger charge is -1.99. The molecule has 0 amide bonds. The average molecular weight is 287 g/mol. The average Bonchev–Trinajstić information content (AvgIpc) is 2.23. The van der Waals surface area contributed by atoms with Crippen molar-refractivity contribution in [3.05, 3.63) is 44.4 Å². The van der Waals surface area contributed by atoms with Crippen molar-refractivity contribution in [2.45, 2.75) is 0 Å². The second-order valence-electron chi connectivity index (χ2n) is 2.77. The number of hydrogen-bond donors (Lipinski definition) is 1. The third kappa shape index (κ3) is 2.24. The molecule has 2 rings (SSSR count). The quantitative estimate of drug-likeness (QED) is 0.874. The first-order chi connectivity index (χ1) is 7.16. The van der Waals surface area contributed by atoms with Gasteiger partial charge < -0.3 is 4.98 Å². The molecule has 0 fully saturated rings. The van der Waals surface area contributed by atoms with E-state index in [4.69, 9.17) is 11.6 Å². The van der Waals surface area contributed by atoms with Gasteiger partial charge in [-0.15, -0.1) is 0 Å². The zero-order chi connectivity index (χ0) is 10.8. The molecule has 0 radical (unpaired) electrons. The molecule has 0 aliphatic carbocycles. The summed E-state index contributed by atoms with van der Waals surface area (Å²) in [6.07, 6.45) is 2.93. The zero-order valence-electron chi connectivity index (χ0n) is 7.37. The van der Waals surface area contributed by atoms with Crippen molar-refractivity contribution in [3.8, 4) is 11.5 Å². The Balaban J connectivity index is 2.50. The van der Waals surface area contributed by atoms with Gasteiger partial charge in [0.25, 0.3) is 5.56 Å². The number of aromatic nitrogens is 3. The van der Waals surface area contributed by atoms with E-state index in [1.807, 2.05) is 0 Å². The Bertz CT molecular complexity index is 538. The molecule has 0 atom stereocenters. The molecular weight excluding hydrogens is 281 g/mol. The Hall–Kier alpha value is -1.20. The lowest BCUT2D eigenvalue weighted by Crippen LogP contribution is -2.09. The highest BCUT2D eigenvalue weighted by Gasteiger charge is 2.03. The first-order valence-corrected chi connectivity index (χ1v) is 5.20. The molecule has 0 spiro atoms. The van der Waals surface area contributed by atoms with E-state index in [2.05, 4.69) is 30.9 Å². The van der Waals surface area contributed by atoms with Gasteiger partial charge in [0.2, 0.25) is 0 Å². The van der Waals surface area contributed by atoms with E-state index in [1.165, 1.54) is 12.4 Å². The van der Waals surface area contributed by atoms with Gasteiger partial charge in [0.05, 0.1) is 5.02 Å². The number of rotatable bonds is 1. The topological polar surface area (TPSA) is 58.6 Å². The summed E-state index contributed by atoms with van der Waals surface area (Å²) in [7, 11) is 0. The highest BCUT2D eigenvalue weighted by atomic mass is 79.9. The highest BCUT2D eigenvalue weighted by Crippen LogP contribution is 2.13. The summed E-state index contributed by atoms with van der Waals surface area (Å²) < 4.78 is 0.389. The minimum atomic E-state index is -0.239. The molecule has 2 heterocycles. The number of hydrogen-bond acceptors (Lipinski definition) is 3. The van der Waals surface area contributed by atoms with Crippen molar-refractivity contribution >= 4 is 27.5 Å². The molecule has 0 saturated carbocycles. The summed E-state index contributed by atoms with van der Waals surface area (Å²) in [6.45, 7) is 0. The van der Waals surface area contributed by atoms with Crippen molar-refractivity contribution in [1.82, 2.24) is 15.0 Å². The van der Waals surface area contributed by atoms with Gasteiger partial charge in [-0.25, -0.2) is 4.98 Å². The highest BCUT2D eigenvalue weighted by molar-refractivity contribution is 9.10. The van der Waals surface area contributed by atoms with Gasteiger partial charge in [-0.1, -0.05) is 11.6 Å². The number of halogens is 2. The Morgan fingerprint density at radius 2 is 2.07 bits per heavy atom. The third-order valence-electron chi connectivity index (χ3n) is 1.73. The van der Waals surface area contributed by atoms with Crippen molar-refractivity contribution < 1.29 is 0 Å². The Kier molecular flexibility index (Phi) is 2.83. The predicted octanol–water partition coefficient (Wildman–Crippen LogP) is 2.25. The molecule has 2 aromatic rings. The fourth-order valence-electron chi connectivity index (χ4n) is 1.03. The molecule has 6 heteroatoms. The SMILES string of the molecule is O=c1[nH]c(-c2ccc(Cl)cn2)ncc1Br. The summed E-state index contributed by atoms with van der Waals surface area (Å²) in [5.41, 5.74) is 0.334. The number of nitrogens with zero attached hydrogens (tertiary/aromatic N) is 2. The third-order valence-corrected chi connectivity index (χ3v) is 2.51. The van der Waals surface area contributed by atoms with Crippen LogP contribution in [0.4, 0.5) is 0 Å². The molecule has 0 aliphatic rings. The molecule has 0 aromatic carbocycles. The van der Waals surface area contributed by atoms with E-state index in [0.29, 0.717) is 21.0 Å². The van der Waals surface area contributed by atoms with Crippen molar-refractivity contribution in [3.63, 3.8) is 0 Å². The normalized spacial score (nSPS) is 10.3. The molecule has 4 nitrogen and oxygen atoms in total. The van der Waals surface area contributed by atoms with Crippen LogP contribution in [0.3, 0.4) is 0 Å². The van der Waals surface area contributed by atoms with Gasteiger partial charge in [0, 0.05) is 12.4 Å². The number of H-pyrrole nitrogens is 1. The van der Waals surface area contributed by atoms with Crippen LogP contribution in [0.1, 0.15) is 0 Å². The van der Waals surface area contributed by atoms with E-state index >= 15 is 0 Å². The minimum Gasteiger partial charge on any atom is -0.304 e. The monoisotopic (exact) mass is 285 g/mol. The van der Waals surface area contributed by atoms with Gasteiger partial charge >= 0.3 is 0 Å². The van der Waals surface area contributed by atoms with Gasteiger partial charge in [-0.3, -0.25) is 9.78 Å². The molecule has 76 valence electrons. The Morgan fingerprint density at radius 1 is 1.27 bits per heavy atom. The summed E-state index contributed by atoms with van der Waals surface area (Å²) in [5.74, 6) is 0.417. The van der Waals surface area contributed by atoms with Crippen LogP contribution >= 0.6 is 27.5 Å². The molecule has 1 N–H and O–H groups in total. The molecule has 2 aromatic heterocycles. The second kappa shape index (κ2) is 4.12. The van der Waals surface area contributed by atoms with Crippen molar-refractivity contribution in [1.29, 1.82) is 0 Å². The summed E-state index contributed by atoms with van der Waals surface area (Å²) in [5, 5.41) is 0.540. The maximum Gasteiger partial charge on any atom is 0.265 e. The van der Waals surface area contributed by atoms with Crippen LogP contribution in [0, 0.1) is 0 Å². The Labute approximate surface area is 98.5 Å². The maximum absolute atomic E-state index is 11.3. The molecule has 0 unspecified atom stereocenters. The molecule has 0 saturated heterocycles. The van der Waals surface area contributed by atoms with Crippen LogP contribution in [-0.2, 0) is 0 Å². The van der Waals surface area contributed by atoms with Crippen LogP contribution in [0.15, 0.2) is 33.8 Å². The van der Waals surface area contributed by atoms with E-state index in [-0.39, 0.29) is 5.56 Å². The van der Waals surface area contributed by atoms with E-state index in [0.717, 1.165) is 0 Å². The van der Waals surface area contributed by atoms with Crippen LogP contribution in [-0.4, -0.2) is 15.0 Å². The van der Waals surface area contributed by atoms with Gasteiger partial charge in [-0.05, 0) is 28.1 Å². The van der Waals surface area contributed by atoms with E-state index in [9.17, 15) is 4.79 Å². The van der Waals surface area contributed by atoms with Crippen LogP contribution < -0.4 is 5.56 Å². The maximum atomic E-state index is 11.3. The summed E-state index contributed by atoms with van der Waals surface area (Å²) in [4.78, 5) is 21.9. The molecule has 0 aliphatic heterocycles. The molecule has 0 bridgehead atoms. The fraction of sp³-hybridized carbons (Fsp3) is 0. The van der Waals surface area contributed by atoms with Crippen LogP contribution in [0.5, 0.6) is 0 Å². The number of pyridine rings is 1. The van der Waals surface area contributed by atoms with Crippen LogP contribution in [0.2, 0.25) is 5.02 Å². The van der Waals surface area contributed by atoms with Gasteiger partial charge in [0.15, 0.2) is 5.82 Å². The first-order valence-electron chi connectivity index (χ1n) is 4.03. The lowest BCUT2D eigenvalue weighted by atomic mass is 10.3. The minimum absolute atomic E-state index is 0.239. The number of aromatic amines is 1. The van der Waals surface area contributed by atoms with Crippen molar-refractivity contribution in [2.24, 2.45) is 0 Å². The van der Waals surface area contributed by atoms with Gasteiger partial charge in [0.1, 0.15) is 10.2 Å². The predicted molar refractivity (Wildman–Crippen MR) is 60.8 cm³/mol. The second-order valence-corrected chi connectivity index (χ2v) is 4.06. The van der Waals surface area contributed by atoms with E-state index < -0.39 is 0 Å². The fourth-order valence-corrected chi connectivity index (χ4v) is 1.34. The number of nitrogens with one attached hydrogen (secondary N) is 1. The summed E-state index contributed by atoms with van der Waals surface area (Å²) >= 11 is 8.76. The van der Waals surface area contributed by atoms with Crippen molar-refractivity contribution in [2.75, 3.05) is 0 Å². The first kappa shape index (κ1) is 10.3.